The summed E-state index contributed by atoms with van der Waals surface area (Å²) in [6.45, 7) is 4.51. The van der Waals surface area contributed by atoms with Gasteiger partial charge < -0.3 is 24.8 Å². The molecule has 4 aromatic carbocycles. The van der Waals surface area contributed by atoms with Crippen molar-refractivity contribution < 1.29 is 51.0 Å². The Bertz CT molecular complexity index is 2290. The first-order valence-corrected chi connectivity index (χ1v) is 17.4. The van der Waals surface area contributed by atoms with Gasteiger partial charge in [0, 0.05) is 29.4 Å². The maximum Gasteiger partial charge on any atom is 4.00 e. The van der Waals surface area contributed by atoms with Crippen molar-refractivity contribution in [2.75, 3.05) is 0 Å². The molecule has 0 N–H and O–H groups in total. The van der Waals surface area contributed by atoms with Crippen LogP contribution in [0.1, 0.15) is 23.6 Å². The van der Waals surface area contributed by atoms with E-state index in [1.807, 2.05) is 34.4 Å². The third kappa shape index (κ3) is 5.75. The second-order valence-corrected chi connectivity index (χ2v) is 16.0. The fraction of sp³-hybridized carbons (Fsp3) is 0.111. The first-order valence-electron chi connectivity index (χ1n) is 13.4. The van der Waals surface area contributed by atoms with Gasteiger partial charge in [0.2, 0.25) is 0 Å². The van der Waals surface area contributed by atoms with Gasteiger partial charge in [0.05, 0.1) is 0 Å². The zero-order valence-electron chi connectivity index (χ0n) is 23.5. The van der Waals surface area contributed by atoms with Crippen LogP contribution in [0.25, 0.3) is 44.5 Å². The van der Waals surface area contributed by atoms with Crippen LogP contribution in [0.5, 0.6) is 0 Å². The van der Waals surface area contributed by atoms with Crippen molar-refractivity contribution in [1.82, 2.24) is 0 Å². The van der Waals surface area contributed by atoms with Crippen molar-refractivity contribution >= 4 is 111 Å². The predicted octanol–water partition coefficient (Wildman–Crippen LogP) is 2.62. The number of halogens is 4. The number of thiophene rings is 2. The average molecular weight is 873 g/mol. The van der Waals surface area contributed by atoms with Gasteiger partial charge in [-0.05, 0) is 51.4 Å². The van der Waals surface area contributed by atoms with E-state index in [4.69, 9.17) is 0 Å². The molecule has 1 aliphatic heterocycles. The fourth-order valence-electron chi connectivity index (χ4n) is 5.92. The van der Waals surface area contributed by atoms with Gasteiger partial charge in [-0.3, -0.25) is 0 Å². The number of rotatable bonds is 1. The second kappa shape index (κ2) is 12.9. The summed E-state index contributed by atoms with van der Waals surface area (Å²) in [7, 11) is 0. The molecule has 0 saturated heterocycles. The summed E-state index contributed by atoms with van der Waals surface area (Å²) in [4.78, 5) is 5.40. The van der Waals surface area contributed by atoms with Crippen molar-refractivity contribution in [2.45, 2.75) is 34.5 Å². The summed E-state index contributed by atoms with van der Waals surface area (Å²) in [6.07, 6.45) is 12.1. The van der Waals surface area contributed by atoms with Gasteiger partial charge in [-0.2, -0.15) is 22.6 Å². The van der Waals surface area contributed by atoms with E-state index in [2.05, 4.69) is 155 Å². The fourth-order valence-corrected chi connectivity index (χ4v) is 10.3. The summed E-state index contributed by atoms with van der Waals surface area (Å²) >= 11 is 12.9. The van der Waals surface area contributed by atoms with Crippen LogP contribution in [0.2, 0.25) is 0 Å². The van der Waals surface area contributed by atoms with E-state index in [1.54, 1.807) is 0 Å². The molecule has 4 bridgehead atoms. The van der Waals surface area contributed by atoms with E-state index in [9.17, 15) is 0 Å². The number of hydrogen-bond acceptors (Lipinski definition) is 3. The van der Waals surface area contributed by atoms with Gasteiger partial charge in [0.25, 0.3) is 0 Å². The number of fused-ring (bicyclic) bond motifs is 5. The Balaban J connectivity index is 0.000000164. The Labute approximate surface area is 317 Å². The third-order valence-electron chi connectivity index (χ3n) is 8.04. The van der Waals surface area contributed by atoms with E-state index < -0.39 is 0 Å². The van der Waals surface area contributed by atoms with Crippen LogP contribution in [-0.2, 0) is 37.0 Å². The molecule has 44 heavy (non-hydrogen) atoms. The molecule has 3 heterocycles. The largest absolute Gasteiger partial charge is 4.00 e. The Morgan fingerprint density at radius 3 is 2.09 bits per heavy atom. The normalized spacial score (nSPS) is 19.6. The molecule has 0 radical (unpaired) electrons. The molecule has 6 aromatic rings. The second-order valence-electron chi connectivity index (χ2n) is 11.0. The first-order chi connectivity index (χ1) is 19.8. The maximum atomic E-state index is 3.72. The van der Waals surface area contributed by atoms with E-state index in [1.165, 1.54) is 60.6 Å². The molecule has 8 heteroatoms. The standard InChI is InChI=1S/C18H10BrS2.C18H12BrS.2ClH.Zr/c1-18-8-11-12(9-18)16(6-5-13(11)19)20-14-3-2-4-15-10(14)7-17(18)21-15;1-18(10-13-6-4-7-15(19)14(13)11-18)17-9-12-5-2-3-8-16(12)20-17;;;/h2-7,9H,1H3;2-10H,1H3;2*1H;/q2*-1;;;+4/p-2. The number of hydrogen-bond donors (Lipinski definition) is 0. The van der Waals surface area contributed by atoms with Gasteiger partial charge in [0.1, 0.15) is 0 Å². The van der Waals surface area contributed by atoms with Gasteiger partial charge >= 0.3 is 26.2 Å². The molecule has 2 atom stereocenters. The topological polar surface area (TPSA) is 0 Å². The minimum Gasteiger partial charge on any atom is -1.00 e. The molecule has 0 spiro atoms. The monoisotopic (exact) mass is 868 g/mol. The Morgan fingerprint density at radius 2 is 1.30 bits per heavy atom. The van der Waals surface area contributed by atoms with Crippen molar-refractivity contribution in [3.8, 4) is 0 Å². The quantitative estimate of drug-likeness (QED) is 0.230. The molecule has 216 valence electrons. The molecule has 2 aromatic heterocycles. The first kappa shape index (κ1) is 34.4. The van der Waals surface area contributed by atoms with Gasteiger partial charge in [-0.15, -0.1) is 107 Å². The minimum atomic E-state index is -0.129. The molecule has 0 amide bonds. The SMILES string of the molecule is CC1(c2cc3ccccc3s2)[C-]=c2c(Br)cccc2=C1.CC12[C-]=c3c(Br)ccc(c3=C1)Sc1cccc3sc2cc13.[Cl-].[Cl-].[Zr+4]. The van der Waals surface area contributed by atoms with E-state index in [0.29, 0.717) is 0 Å². The summed E-state index contributed by atoms with van der Waals surface area (Å²) in [6, 6.07) is 30.5. The van der Waals surface area contributed by atoms with Gasteiger partial charge in [0.15, 0.2) is 0 Å². The van der Waals surface area contributed by atoms with Crippen molar-refractivity contribution in [2.24, 2.45) is 0 Å². The van der Waals surface area contributed by atoms with Crippen LogP contribution in [0.3, 0.4) is 0 Å². The molecule has 0 fully saturated rings. The summed E-state index contributed by atoms with van der Waals surface area (Å²) in [5.41, 5.74) is -0.247. The minimum absolute atomic E-state index is 0. The zero-order valence-corrected chi connectivity index (χ0v) is 33.1. The van der Waals surface area contributed by atoms with Crippen LogP contribution in [-0.4, -0.2) is 0 Å². The summed E-state index contributed by atoms with van der Waals surface area (Å²) < 4.78 is 4.97. The van der Waals surface area contributed by atoms with Crippen LogP contribution < -0.4 is 45.7 Å². The average Bonchev–Trinajstić information content (AvgIpc) is 3.74. The van der Waals surface area contributed by atoms with Gasteiger partial charge in [-0.1, -0.05) is 59.2 Å². The molecule has 3 aliphatic rings. The van der Waals surface area contributed by atoms with Gasteiger partial charge in [-0.25, -0.2) is 0 Å². The smallest absolute Gasteiger partial charge is 1.00 e. The molecule has 2 aliphatic carbocycles. The molecular weight excluding hydrogens is 851 g/mol. The maximum absolute atomic E-state index is 3.72. The van der Waals surface area contributed by atoms with E-state index in [-0.39, 0.29) is 61.8 Å². The van der Waals surface area contributed by atoms with Crippen LogP contribution in [0, 0.1) is 0 Å². The Hall–Kier alpha value is -0.947. The van der Waals surface area contributed by atoms with Crippen LogP contribution in [0.15, 0.2) is 104 Å². The third-order valence-corrected chi connectivity index (χ3v) is 13.2. The van der Waals surface area contributed by atoms with Crippen LogP contribution in [0.4, 0.5) is 0 Å². The van der Waals surface area contributed by atoms with Crippen molar-refractivity contribution in [1.29, 1.82) is 0 Å². The van der Waals surface area contributed by atoms with Crippen molar-refractivity contribution in [3.05, 3.63) is 125 Å². The zero-order chi connectivity index (χ0) is 27.9. The summed E-state index contributed by atoms with van der Waals surface area (Å²) in [5.74, 6) is 0. The van der Waals surface area contributed by atoms with Crippen molar-refractivity contribution in [3.63, 3.8) is 0 Å². The summed E-state index contributed by atoms with van der Waals surface area (Å²) in [5, 5.41) is 7.69. The predicted molar refractivity (Wildman–Crippen MR) is 185 cm³/mol. The Morgan fingerprint density at radius 1 is 0.636 bits per heavy atom. The molecule has 0 nitrogen and oxygen atoms in total. The van der Waals surface area contributed by atoms with Crippen LogP contribution >= 0.6 is 66.3 Å². The molecule has 2 unspecified atom stereocenters. The molecular formula is C36H22Br2Cl2S3Zr. The van der Waals surface area contributed by atoms with E-state index in [0.717, 1.165) is 8.95 Å². The molecule has 9 rings (SSSR count). The Kier molecular flexibility index (Phi) is 10.1. The molecule has 0 saturated carbocycles. The van der Waals surface area contributed by atoms with E-state index >= 15 is 0 Å². The number of benzene rings is 4.